The van der Waals surface area contributed by atoms with Gasteiger partial charge in [-0.15, -0.1) is 0 Å². The molecule has 0 bridgehead atoms. The van der Waals surface area contributed by atoms with E-state index in [1.165, 1.54) is 4.90 Å². The van der Waals surface area contributed by atoms with Crippen molar-refractivity contribution in [1.82, 2.24) is 10.2 Å². The van der Waals surface area contributed by atoms with Crippen LogP contribution >= 0.6 is 0 Å². The van der Waals surface area contributed by atoms with Gasteiger partial charge in [0.15, 0.2) is 0 Å². The Hall–Kier alpha value is -1.26. The van der Waals surface area contributed by atoms with Crippen molar-refractivity contribution in [2.24, 2.45) is 5.92 Å². The van der Waals surface area contributed by atoms with Crippen molar-refractivity contribution in [3.05, 3.63) is 0 Å². The highest BCUT2D eigenvalue weighted by Gasteiger charge is 2.39. The molecule has 1 heterocycles. The summed E-state index contributed by atoms with van der Waals surface area (Å²) in [5.74, 6) is -0.881. The van der Waals surface area contributed by atoms with E-state index in [0.717, 1.165) is 19.3 Å². The second-order valence-electron chi connectivity index (χ2n) is 4.88. The van der Waals surface area contributed by atoms with Crippen LogP contribution in [0.4, 0.5) is 4.79 Å². The third kappa shape index (κ3) is 3.35. The molecule has 1 aliphatic rings. The molecule has 2 amide bonds. The summed E-state index contributed by atoms with van der Waals surface area (Å²) in [7, 11) is 0. The molecule has 1 aliphatic heterocycles. The average molecular weight is 242 g/mol. The number of urea groups is 1. The third-order valence-corrected chi connectivity index (χ3v) is 3.31. The summed E-state index contributed by atoms with van der Waals surface area (Å²) in [6.07, 6.45) is 2.67. The first-order valence-electron chi connectivity index (χ1n) is 6.27. The largest absolute Gasteiger partial charge is 0.480 e. The highest BCUT2D eigenvalue weighted by molar-refractivity contribution is 5.83. The van der Waals surface area contributed by atoms with Gasteiger partial charge in [-0.1, -0.05) is 20.3 Å². The van der Waals surface area contributed by atoms with Crippen LogP contribution in [0.5, 0.6) is 0 Å². The Kier molecular flexibility index (Phi) is 4.78. The van der Waals surface area contributed by atoms with Crippen LogP contribution in [-0.2, 0) is 4.79 Å². The Morgan fingerprint density at radius 2 is 2.18 bits per heavy atom. The van der Waals surface area contributed by atoms with Crippen molar-refractivity contribution in [2.45, 2.75) is 52.1 Å². The average Bonchev–Trinajstić information content (AvgIpc) is 2.60. The van der Waals surface area contributed by atoms with Crippen LogP contribution in [0.15, 0.2) is 0 Å². The molecule has 0 aromatic rings. The monoisotopic (exact) mass is 242 g/mol. The first-order valence-corrected chi connectivity index (χ1v) is 6.27. The van der Waals surface area contributed by atoms with Crippen molar-refractivity contribution >= 4 is 12.0 Å². The summed E-state index contributed by atoms with van der Waals surface area (Å²) in [5, 5.41) is 12.0. The molecule has 0 aromatic carbocycles. The van der Waals surface area contributed by atoms with Crippen LogP contribution in [-0.4, -0.2) is 40.6 Å². The minimum absolute atomic E-state index is 0.0275. The minimum atomic E-state index is -0.909. The maximum atomic E-state index is 11.9. The van der Waals surface area contributed by atoms with E-state index in [-0.39, 0.29) is 18.0 Å². The number of carboxylic acids is 1. The van der Waals surface area contributed by atoms with Crippen molar-refractivity contribution < 1.29 is 14.7 Å². The Labute approximate surface area is 102 Å². The van der Waals surface area contributed by atoms with Gasteiger partial charge in [0.05, 0.1) is 0 Å². The number of carbonyl (C=O) groups is 2. The first kappa shape index (κ1) is 13.8. The highest BCUT2D eigenvalue weighted by Crippen LogP contribution is 2.24. The van der Waals surface area contributed by atoms with Crippen molar-refractivity contribution in [1.29, 1.82) is 0 Å². The zero-order valence-corrected chi connectivity index (χ0v) is 10.8. The number of likely N-dealkylation sites (tertiary alicyclic amines) is 1. The molecule has 0 radical (unpaired) electrons. The van der Waals surface area contributed by atoms with Crippen LogP contribution in [0.3, 0.4) is 0 Å². The molecule has 0 aliphatic carbocycles. The molecule has 1 fully saturated rings. The molecule has 3 unspecified atom stereocenters. The molecule has 5 nitrogen and oxygen atoms in total. The number of amides is 2. The molecular weight excluding hydrogens is 220 g/mol. The second kappa shape index (κ2) is 5.89. The Balaban J connectivity index is 2.59. The molecule has 1 saturated heterocycles. The lowest BCUT2D eigenvalue weighted by molar-refractivity contribution is -0.142. The van der Waals surface area contributed by atoms with Gasteiger partial charge in [0.2, 0.25) is 0 Å². The number of nitrogens with one attached hydrogen (secondary N) is 1. The lowest BCUT2D eigenvalue weighted by Crippen LogP contribution is -2.49. The van der Waals surface area contributed by atoms with Gasteiger partial charge in [0.1, 0.15) is 6.04 Å². The Morgan fingerprint density at radius 3 is 2.71 bits per heavy atom. The van der Waals surface area contributed by atoms with Gasteiger partial charge in [-0.25, -0.2) is 9.59 Å². The lowest BCUT2D eigenvalue weighted by Gasteiger charge is -2.25. The predicted octanol–water partition coefficient (Wildman–Crippen LogP) is 1.68. The Bertz CT molecular complexity index is 293. The van der Waals surface area contributed by atoms with E-state index in [1.807, 2.05) is 13.8 Å². The van der Waals surface area contributed by atoms with Gasteiger partial charge in [-0.05, 0) is 25.7 Å². The SMILES string of the molecule is CCCC(C)NC(=O)N1CCC(C)C1C(=O)O. The van der Waals surface area contributed by atoms with Crippen LogP contribution < -0.4 is 5.32 Å². The Morgan fingerprint density at radius 1 is 1.53 bits per heavy atom. The van der Waals surface area contributed by atoms with Gasteiger partial charge in [0.25, 0.3) is 0 Å². The van der Waals surface area contributed by atoms with E-state index >= 15 is 0 Å². The van der Waals surface area contributed by atoms with Gasteiger partial charge < -0.3 is 15.3 Å². The minimum Gasteiger partial charge on any atom is -0.480 e. The van der Waals surface area contributed by atoms with Crippen molar-refractivity contribution in [3.8, 4) is 0 Å². The quantitative estimate of drug-likeness (QED) is 0.788. The standard InChI is InChI=1S/C12H22N2O3/c1-4-5-9(3)13-12(17)14-7-6-8(2)10(14)11(15)16/h8-10H,4-7H2,1-3H3,(H,13,17)(H,15,16). The summed E-state index contributed by atoms with van der Waals surface area (Å²) in [4.78, 5) is 24.5. The van der Waals surface area contributed by atoms with E-state index in [9.17, 15) is 9.59 Å². The van der Waals surface area contributed by atoms with Crippen LogP contribution in [0, 0.1) is 5.92 Å². The predicted molar refractivity (Wildman–Crippen MR) is 64.8 cm³/mol. The van der Waals surface area contributed by atoms with Crippen LogP contribution in [0.1, 0.15) is 40.0 Å². The van der Waals surface area contributed by atoms with Gasteiger partial charge in [0, 0.05) is 12.6 Å². The number of hydrogen-bond donors (Lipinski definition) is 2. The number of aliphatic carboxylic acids is 1. The number of rotatable bonds is 4. The number of nitrogens with zero attached hydrogens (tertiary/aromatic N) is 1. The van der Waals surface area contributed by atoms with Crippen molar-refractivity contribution in [3.63, 3.8) is 0 Å². The van der Waals surface area contributed by atoms with Crippen LogP contribution in [0.2, 0.25) is 0 Å². The molecule has 3 atom stereocenters. The fourth-order valence-electron chi connectivity index (χ4n) is 2.35. The van der Waals surface area contributed by atoms with E-state index in [0.29, 0.717) is 6.54 Å². The number of hydrogen-bond acceptors (Lipinski definition) is 2. The normalized spacial score (nSPS) is 25.7. The zero-order valence-electron chi connectivity index (χ0n) is 10.8. The lowest BCUT2D eigenvalue weighted by atomic mass is 10.0. The smallest absolute Gasteiger partial charge is 0.326 e. The van der Waals surface area contributed by atoms with E-state index in [4.69, 9.17) is 5.11 Å². The molecule has 1 rings (SSSR count). The topological polar surface area (TPSA) is 69.6 Å². The van der Waals surface area contributed by atoms with Gasteiger partial charge >= 0.3 is 12.0 Å². The summed E-state index contributed by atoms with van der Waals surface area (Å²) < 4.78 is 0. The third-order valence-electron chi connectivity index (χ3n) is 3.31. The summed E-state index contributed by atoms with van der Waals surface area (Å²) in [5.41, 5.74) is 0. The molecule has 0 aromatic heterocycles. The van der Waals surface area contributed by atoms with Crippen LogP contribution in [0.25, 0.3) is 0 Å². The molecule has 17 heavy (non-hydrogen) atoms. The molecule has 5 heteroatoms. The highest BCUT2D eigenvalue weighted by atomic mass is 16.4. The number of carboxylic acid groups (broad SMARTS) is 1. The fourth-order valence-corrected chi connectivity index (χ4v) is 2.35. The molecule has 0 saturated carbocycles. The molecular formula is C12H22N2O3. The summed E-state index contributed by atoms with van der Waals surface area (Å²) in [6, 6.07) is -0.829. The summed E-state index contributed by atoms with van der Waals surface area (Å²) >= 11 is 0. The second-order valence-corrected chi connectivity index (χ2v) is 4.88. The van der Waals surface area contributed by atoms with Crippen molar-refractivity contribution in [2.75, 3.05) is 6.54 Å². The van der Waals surface area contributed by atoms with Gasteiger partial charge in [-0.2, -0.15) is 0 Å². The number of carbonyl (C=O) groups excluding carboxylic acids is 1. The maximum absolute atomic E-state index is 11.9. The zero-order chi connectivity index (χ0) is 13.0. The fraction of sp³-hybridized carbons (Fsp3) is 0.833. The summed E-state index contributed by atoms with van der Waals surface area (Å²) in [6.45, 7) is 6.40. The first-order chi connectivity index (χ1) is 7.97. The molecule has 0 spiro atoms. The molecule has 98 valence electrons. The molecule has 2 N–H and O–H groups in total. The van der Waals surface area contributed by atoms with E-state index < -0.39 is 12.0 Å². The van der Waals surface area contributed by atoms with E-state index in [2.05, 4.69) is 12.2 Å². The maximum Gasteiger partial charge on any atom is 0.326 e. The van der Waals surface area contributed by atoms with Gasteiger partial charge in [-0.3, -0.25) is 0 Å². The van der Waals surface area contributed by atoms with E-state index in [1.54, 1.807) is 0 Å².